The van der Waals surface area contributed by atoms with Crippen LogP contribution in [0.2, 0.25) is 0 Å². The number of carbonyl (C=O) groups is 3. The number of esters is 2. The van der Waals surface area contributed by atoms with Crippen molar-refractivity contribution in [3.8, 4) is 0 Å². The third kappa shape index (κ3) is 5.40. The summed E-state index contributed by atoms with van der Waals surface area (Å²) < 4.78 is 17.9. The maximum Gasteiger partial charge on any atom is 0.335 e. The summed E-state index contributed by atoms with van der Waals surface area (Å²) in [6.07, 6.45) is -5.45. The van der Waals surface area contributed by atoms with Crippen LogP contribution in [0.15, 0.2) is 41.5 Å². The fourth-order valence-electron chi connectivity index (χ4n) is 9.52. The topological polar surface area (TPSA) is 172 Å². The lowest BCUT2D eigenvalue weighted by Gasteiger charge is -2.68. The number of ether oxygens (including phenoxy) is 3. The summed E-state index contributed by atoms with van der Waals surface area (Å²) in [5.74, 6) is -4.05. The van der Waals surface area contributed by atoms with Gasteiger partial charge in [0.25, 0.3) is 0 Å². The zero-order chi connectivity index (χ0) is 34.7. The van der Waals surface area contributed by atoms with Crippen LogP contribution in [0.3, 0.4) is 0 Å². The van der Waals surface area contributed by atoms with Crippen LogP contribution in [-0.2, 0) is 28.6 Å². The molecule has 0 spiro atoms. The lowest BCUT2D eigenvalue weighted by molar-refractivity contribution is -0.302. The molecule has 1 aliphatic heterocycles. The molecule has 3 fully saturated rings. The highest BCUT2D eigenvalue weighted by molar-refractivity contribution is 6.39. The Balaban J connectivity index is 1.62. The number of nitrogens with one attached hydrogen (secondary N) is 1. The summed E-state index contributed by atoms with van der Waals surface area (Å²) in [4.78, 5) is 41.6. The van der Waals surface area contributed by atoms with Crippen molar-refractivity contribution in [3.05, 3.63) is 47.0 Å². The van der Waals surface area contributed by atoms with Gasteiger partial charge in [-0.2, -0.15) is 0 Å². The van der Waals surface area contributed by atoms with E-state index in [1.807, 2.05) is 33.2 Å². The number of aliphatic hydroxyl groups excluding tert-OH is 2. The van der Waals surface area contributed by atoms with E-state index in [0.29, 0.717) is 23.3 Å². The van der Waals surface area contributed by atoms with Crippen LogP contribution in [-0.4, -0.2) is 94.7 Å². The second kappa shape index (κ2) is 12.7. The van der Waals surface area contributed by atoms with E-state index in [-0.39, 0.29) is 31.8 Å². The van der Waals surface area contributed by atoms with Gasteiger partial charge in [-0.3, -0.25) is 9.59 Å². The van der Waals surface area contributed by atoms with Gasteiger partial charge in [0.05, 0.1) is 29.8 Å². The Bertz CT molecular complexity index is 1420. The normalized spacial score (nSPS) is 38.8. The van der Waals surface area contributed by atoms with E-state index in [0.717, 1.165) is 0 Å². The molecule has 0 amide bonds. The number of carbonyl (C=O) groups excluding carboxylic acids is 3. The predicted octanol–water partition coefficient (Wildman–Crippen LogP) is 2.45. The molecule has 1 saturated heterocycles. The summed E-state index contributed by atoms with van der Waals surface area (Å²) in [6, 6.07) is 8.84. The molecule has 1 aromatic carbocycles. The van der Waals surface area contributed by atoms with Gasteiger partial charge in [0.2, 0.25) is 0 Å². The first kappa shape index (κ1) is 35.7. The van der Waals surface area contributed by atoms with Gasteiger partial charge in [-0.1, -0.05) is 65.0 Å². The predicted molar refractivity (Wildman–Crippen MR) is 171 cm³/mol. The van der Waals surface area contributed by atoms with Crippen molar-refractivity contribution in [3.63, 3.8) is 0 Å². The number of rotatable bonds is 9. The van der Waals surface area contributed by atoms with Gasteiger partial charge in [-0.15, -0.1) is 0 Å². The molecule has 0 aromatic heterocycles. The summed E-state index contributed by atoms with van der Waals surface area (Å²) in [5.41, 5.74) is -1.29. The van der Waals surface area contributed by atoms with E-state index < -0.39 is 81.6 Å². The van der Waals surface area contributed by atoms with Gasteiger partial charge in [-0.05, 0) is 54.7 Å². The van der Waals surface area contributed by atoms with Crippen LogP contribution >= 0.6 is 0 Å². The number of fused-ring (bicyclic) bond motifs is 5. The maximum absolute atomic E-state index is 14.9. The van der Waals surface area contributed by atoms with Crippen molar-refractivity contribution in [2.45, 2.75) is 110 Å². The van der Waals surface area contributed by atoms with Gasteiger partial charge in [0.1, 0.15) is 13.4 Å². The molecule has 257 valence electrons. The van der Waals surface area contributed by atoms with Gasteiger partial charge in [0.15, 0.2) is 18.0 Å². The molecule has 1 aromatic rings. The van der Waals surface area contributed by atoms with Crippen LogP contribution in [0.4, 0.5) is 0 Å². The number of Topliss-reactive ketones (excluding diaryl/α,β-unsaturated/α-hetero) is 1. The second-order valence-corrected chi connectivity index (χ2v) is 14.9. The van der Waals surface area contributed by atoms with Crippen molar-refractivity contribution in [1.29, 1.82) is 0 Å². The lowest BCUT2D eigenvalue weighted by Crippen LogP contribution is -2.75. The molecular formula is C35H49BNO10. The lowest BCUT2D eigenvalue weighted by atomic mass is 9.40. The second-order valence-electron chi connectivity index (χ2n) is 14.9. The molecule has 5 rings (SSSR count). The third-order valence-corrected chi connectivity index (χ3v) is 12.3. The zero-order valence-corrected chi connectivity index (χ0v) is 28.4. The molecule has 4 aliphatic rings. The van der Waals surface area contributed by atoms with Crippen LogP contribution in [0.5, 0.6) is 0 Å². The van der Waals surface area contributed by atoms with Crippen LogP contribution < -0.4 is 5.48 Å². The monoisotopic (exact) mass is 654 g/mol. The fraction of sp³-hybridized carbons (Fsp3) is 0.686. The quantitative estimate of drug-likeness (QED) is 0.115. The summed E-state index contributed by atoms with van der Waals surface area (Å²) in [7, 11) is 1.56. The fourth-order valence-corrected chi connectivity index (χ4v) is 9.52. The first-order chi connectivity index (χ1) is 22.0. The highest BCUT2D eigenvalue weighted by Crippen LogP contribution is 2.67. The third-order valence-electron chi connectivity index (χ3n) is 12.3. The van der Waals surface area contributed by atoms with E-state index >= 15 is 0 Å². The number of ketones is 1. The highest BCUT2D eigenvalue weighted by Gasteiger charge is 2.73. The number of aliphatic hydroxyl groups is 3. The van der Waals surface area contributed by atoms with E-state index in [9.17, 15) is 34.9 Å². The molecule has 11 atom stereocenters. The minimum atomic E-state index is -1.66. The Morgan fingerprint density at radius 3 is 2.38 bits per heavy atom. The number of hydrogen-bond acceptors (Lipinski definition) is 11. The summed E-state index contributed by atoms with van der Waals surface area (Å²) in [5, 5.41) is 45.2. The molecular weight excluding hydrogens is 605 g/mol. The zero-order valence-electron chi connectivity index (χ0n) is 28.4. The van der Waals surface area contributed by atoms with Crippen molar-refractivity contribution in [1.82, 2.24) is 5.48 Å². The minimum Gasteiger partial charge on any atom is -0.456 e. The van der Waals surface area contributed by atoms with E-state index in [1.54, 1.807) is 58.4 Å². The molecule has 3 aliphatic carbocycles. The summed E-state index contributed by atoms with van der Waals surface area (Å²) >= 11 is 0. The average Bonchev–Trinajstić information content (AvgIpc) is 3.03. The molecule has 1 radical (unpaired) electrons. The first-order valence-electron chi connectivity index (χ1n) is 16.6. The largest absolute Gasteiger partial charge is 0.456 e. The first-order valence-corrected chi connectivity index (χ1v) is 16.6. The van der Waals surface area contributed by atoms with Crippen molar-refractivity contribution < 1.29 is 49.1 Å². The van der Waals surface area contributed by atoms with E-state index in [2.05, 4.69) is 0 Å². The Kier molecular flexibility index (Phi) is 9.64. The average molecular weight is 655 g/mol. The molecule has 1 heterocycles. The van der Waals surface area contributed by atoms with Crippen molar-refractivity contribution >= 4 is 25.0 Å². The molecule has 0 unspecified atom stereocenters. The summed E-state index contributed by atoms with van der Waals surface area (Å²) in [6.45, 7) is 12.9. The van der Waals surface area contributed by atoms with Crippen LogP contribution in [0.1, 0.15) is 79.1 Å². The Labute approximate surface area is 277 Å². The van der Waals surface area contributed by atoms with Crippen LogP contribution in [0, 0.1) is 28.1 Å². The smallest absolute Gasteiger partial charge is 0.335 e. The minimum absolute atomic E-state index is 0.00177. The maximum atomic E-state index is 14.9. The van der Waals surface area contributed by atoms with Gasteiger partial charge in [0, 0.05) is 30.1 Å². The van der Waals surface area contributed by atoms with E-state index in [4.69, 9.17) is 14.2 Å². The molecule has 11 nitrogen and oxygen atoms in total. The molecule has 12 heteroatoms. The Hall–Kier alpha value is -2.61. The molecule has 2 bridgehead atoms. The Morgan fingerprint density at radius 1 is 1.15 bits per heavy atom. The number of benzene rings is 1. The molecule has 2 saturated carbocycles. The number of hydrogen-bond donors (Lipinski definition) is 5. The van der Waals surface area contributed by atoms with E-state index in [1.165, 1.54) is 0 Å². The molecule has 5 N–H and O–H groups in total. The van der Waals surface area contributed by atoms with Gasteiger partial charge >= 0.3 is 11.9 Å². The number of hydroxylamine groups is 1. The van der Waals surface area contributed by atoms with Gasteiger partial charge in [-0.25, -0.2) is 10.3 Å². The SMILES string of the molecule is CCC(=O)O[C@H]1C(=O)[C@@]2(C)[C@H]([C@H](C)[C@]3(O)C[C@H](OC(=O)[C@H](O)[C@@H]([B]CNO)c4ccccc4)C(C)=C1C3(C)C)[C@]1(C)CO[C@@H]1C[C@@H]2O. The van der Waals surface area contributed by atoms with Crippen LogP contribution in [0.25, 0.3) is 0 Å². The van der Waals surface area contributed by atoms with Crippen molar-refractivity contribution in [2.75, 3.05) is 13.1 Å². The standard InChI is InChI=1S/C35H49BNO10/c1-8-24(39)47-28-25-18(2)21(46-31(42)27(40)26(36-17-37-44)20-12-10-9-11-13-20)15-35(43,32(25,4)5)19(3)29-33(6)16-45-23(33)14-22(38)34(29,7)30(28)41/h9-13,19,21-23,26-29,37-38,40,43-44H,8,14-17H2,1-7H3/t19-,21-,22-,23+,26-,27+,28+,29+,33+,34+,35+/m0/s1. The Morgan fingerprint density at radius 2 is 1.81 bits per heavy atom. The highest BCUT2D eigenvalue weighted by atomic mass is 16.6. The van der Waals surface area contributed by atoms with Crippen molar-refractivity contribution in [2.24, 2.45) is 28.1 Å². The molecule has 47 heavy (non-hydrogen) atoms. The van der Waals surface area contributed by atoms with Gasteiger partial charge < -0.3 is 34.7 Å².